The highest BCUT2D eigenvalue weighted by Gasteiger charge is 2.13. The van der Waals surface area contributed by atoms with Gasteiger partial charge in [-0.25, -0.2) is 5.32 Å². The predicted molar refractivity (Wildman–Crippen MR) is 67.6 cm³/mol. The molecule has 1 radical (unpaired) electrons. The molecule has 0 bridgehead atoms. The number of rotatable bonds is 2. The third kappa shape index (κ3) is 2.00. The van der Waals surface area contributed by atoms with Gasteiger partial charge in [-0.15, -0.1) is 5.10 Å². The molecule has 7 heteroatoms. The Hall–Kier alpha value is -2.15. The van der Waals surface area contributed by atoms with Gasteiger partial charge in [0.2, 0.25) is 0 Å². The van der Waals surface area contributed by atoms with Crippen LogP contribution in [-0.4, -0.2) is 46.4 Å². The largest absolute Gasteiger partial charge is 0.397 e. The van der Waals surface area contributed by atoms with Crippen molar-refractivity contribution in [2.24, 2.45) is 0 Å². The average molecular weight is 244 g/mol. The van der Waals surface area contributed by atoms with Gasteiger partial charge in [0.05, 0.1) is 11.4 Å². The number of nitrogens with two attached hydrogens (primary N) is 1. The lowest BCUT2D eigenvalue weighted by molar-refractivity contribution is 0.579. The van der Waals surface area contributed by atoms with Gasteiger partial charge < -0.3 is 10.6 Å². The van der Waals surface area contributed by atoms with Crippen molar-refractivity contribution in [1.29, 1.82) is 0 Å². The minimum absolute atomic E-state index is 0.669. The predicted octanol–water partition coefficient (Wildman–Crippen LogP) is -0.331. The molecule has 0 saturated carbocycles. The fraction of sp³-hybridized carbons (Fsp3) is 0.364. The summed E-state index contributed by atoms with van der Waals surface area (Å²) in [5.41, 5.74) is 8.64. The van der Waals surface area contributed by atoms with Crippen LogP contribution in [0.15, 0.2) is 24.5 Å². The number of hydrogen-bond acceptors (Lipinski definition) is 5. The highest BCUT2D eigenvalue weighted by Crippen LogP contribution is 2.23. The summed E-state index contributed by atoms with van der Waals surface area (Å²) in [6.07, 6.45) is 1.53. The van der Waals surface area contributed by atoms with E-state index in [1.807, 2.05) is 18.2 Å². The van der Waals surface area contributed by atoms with Crippen molar-refractivity contribution < 1.29 is 0 Å². The molecule has 1 aliphatic heterocycles. The number of piperazine rings is 1. The van der Waals surface area contributed by atoms with E-state index in [9.17, 15) is 0 Å². The quantitative estimate of drug-likeness (QED) is 0.731. The Morgan fingerprint density at radius 1 is 1.17 bits per heavy atom. The Bertz CT molecular complexity index is 516. The first-order chi connectivity index (χ1) is 8.84. The first-order valence-electron chi connectivity index (χ1n) is 5.86. The molecular formula is C11H14N7. The smallest absolute Gasteiger partial charge is 0.143 e. The molecule has 0 amide bonds. The van der Waals surface area contributed by atoms with E-state index in [0.29, 0.717) is 5.69 Å². The summed E-state index contributed by atoms with van der Waals surface area (Å²) in [4.78, 5) is 2.28. The highest BCUT2D eigenvalue weighted by molar-refractivity contribution is 5.66. The molecule has 0 atom stereocenters. The molecule has 2 heterocycles. The van der Waals surface area contributed by atoms with Crippen molar-refractivity contribution in [1.82, 2.24) is 25.5 Å². The van der Waals surface area contributed by atoms with Gasteiger partial charge in [0, 0.05) is 31.9 Å². The zero-order valence-corrected chi connectivity index (χ0v) is 9.90. The minimum atomic E-state index is 0.669. The number of nitrogens with zero attached hydrogens (tertiary/aromatic N) is 6. The molecule has 18 heavy (non-hydrogen) atoms. The normalized spacial score (nSPS) is 15.9. The Balaban J connectivity index is 1.89. The van der Waals surface area contributed by atoms with Crippen LogP contribution in [-0.2, 0) is 0 Å². The summed E-state index contributed by atoms with van der Waals surface area (Å²) < 4.78 is 1.56. The fourth-order valence-corrected chi connectivity index (χ4v) is 2.08. The maximum atomic E-state index is 6.05. The Morgan fingerprint density at radius 3 is 2.67 bits per heavy atom. The van der Waals surface area contributed by atoms with Crippen LogP contribution in [0.3, 0.4) is 0 Å². The molecular weight excluding hydrogens is 230 g/mol. The van der Waals surface area contributed by atoms with Crippen LogP contribution in [0.4, 0.5) is 11.4 Å². The lowest BCUT2D eigenvalue weighted by Gasteiger charge is -2.29. The Kier molecular flexibility index (Phi) is 2.81. The van der Waals surface area contributed by atoms with Crippen LogP contribution in [0.1, 0.15) is 0 Å². The number of hydrogen-bond donors (Lipinski definition) is 1. The number of aromatic nitrogens is 4. The van der Waals surface area contributed by atoms with Crippen molar-refractivity contribution in [3.63, 3.8) is 0 Å². The van der Waals surface area contributed by atoms with Crippen LogP contribution < -0.4 is 16.0 Å². The molecule has 0 unspecified atom stereocenters. The second-order valence-electron chi connectivity index (χ2n) is 4.16. The zero-order valence-electron chi connectivity index (χ0n) is 9.90. The Morgan fingerprint density at radius 2 is 2.00 bits per heavy atom. The van der Waals surface area contributed by atoms with Crippen molar-refractivity contribution in [2.75, 3.05) is 36.8 Å². The molecule has 1 aromatic heterocycles. The van der Waals surface area contributed by atoms with E-state index in [-0.39, 0.29) is 0 Å². The van der Waals surface area contributed by atoms with Crippen molar-refractivity contribution in [3.8, 4) is 5.69 Å². The van der Waals surface area contributed by atoms with Crippen molar-refractivity contribution in [2.45, 2.75) is 0 Å². The second-order valence-corrected chi connectivity index (χ2v) is 4.16. The van der Waals surface area contributed by atoms with E-state index in [1.165, 1.54) is 6.33 Å². The maximum absolute atomic E-state index is 6.05. The fourth-order valence-electron chi connectivity index (χ4n) is 2.08. The monoisotopic (exact) mass is 244 g/mol. The number of benzene rings is 1. The lowest BCUT2D eigenvalue weighted by Crippen LogP contribution is -2.40. The Labute approximate surface area is 105 Å². The third-order valence-electron chi connectivity index (χ3n) is 3.03. The molecule has 2 aromatic rings. The summed E-state index contributed by atoms with van der Waals surface area (Å²) in [7, 11) is 0. The second kappa shape index (κ2) is 4.61. The van der Waals surface area contributed by atoms with Gasteiger partial charge in [0.15, 0.2) is 0 Å². The van der Waals surface area contributed by atoms with Crippen LogP contribution >= 0.6 is 0 Å². The van der Waals surface area contributed by atoms with E-state index in [2.05, 4.69) is 25.7 Å². The molecule has 1 aromatic carbocycles. The van der Waals surface area contributed by atoms with E-state index >= 15 is 0 Å². The molecule has 2 N–H and O–H groups in total. The van der Waals surface area contributed by atoms with Gasteiger partial charge in [-0.2, -0.15) is 4.68 Å². The van der Waals surface area contributed by atoms with Crippen molar-refractivity contribution in [3.05, 3.63) is 24.5 Å². The third-order valence-corrected chi connectivity index (χ3v) is 3.03. The molecule has 1 aliphatic rings. The number of nitrogen functional groups attached to an aromatic ring is 1. The van der Waals surface area contributed by atoms with E-state index < -0.39 is 0 Å². The van der Waals surface area contributed by atoms with Crippen LogP contribution in [0, 0.1) is 0 Å². The molecule has 0 aliphatic carbocycles. The SMILES string of the molecule is Nc1cc(N2CC[N]CC2)ccc1-n1cnnn1. The first-order valence-corrected chi connectivity index (χ1v) is 5.86. The van der Waals surface area contributed by atoms with Gasteiger partial charge in [-0.3, -0.25) is 0 Å². The summed E-state index contributed by atoms with van der Waals surface area (Å²) in [6.45, 7) is 3.66. The van der Waals surface area contributed by atoms with Crippen LogP contribution in [0.2, 0.25) is 0 Å². The van der Waals surface area contributed by atoms with Crippen LogP contribution in [0.5, 0.6) is 0 Å². The van der Waals surface area contributed by atoms with Gasteiger partial charge in [-0.1, -0.05) is 0 Å². The van der Waals surface area contributed by atoms with Crippen molar-refractivity contribution >= 4 is 11.4 Å². The zero-order chi connectivity index (χ0) is 12.4. The van der Waals surface area contributed by atoms with Gasteiger partial charge in [0.1, 0.15) is 6.33 Å². The highest BCUT2D eigenvalue weighted by atomic mass is 15.5. The van der Waals surface area contributed by atoms with E-state index in [0.717, 1.165) is 37.6 Å². The van der Waals surface area contributed by atoms with Gasteiger partial charge in [-0.05, 0) is 28.6 Å². The van der Waals surface area contributed by atoms with E-state index in [1.54, 1.807) is 4.68 Å². The maximum Gasteiger partial charge on any atom is 0.143 e. The summed E-state index contributed by atoms with van der Waals surface area (Å²) in [5.74, 6) is 0. The van der Waals surface area contributed by atoms with Gasteiger partial charge >= 0.3 is 0 Å². The molecule has 7 nitrogen and oxygen atoms in total. The standard InChI is InChI=1S/C11H14N7/c12-10-7-9(17-5-3-13-4-6-17)1-2-11(10)18-8-14-15-16-18/h1-2,7-8H,3-6,12H2. The topological polar surface area (TPSA) is 87.0 Å². The molecule has 1 saturated heterocycles. The summed E-state index contributed by atoms with van der Waals surface area (Å²) in [6, 6.07) is 5.94. The number of tetrazole rings is 1. The van der Waals surface area contributed by atoms with Crippen LogP contribution in [0.25, 0.3) is 5.69 Å². The average Bonchev–Trinajstić information content (AvgIpc) is 2.93. The first kappa shape index (κ1) is 11.0. The van der Waals surface area contributed by atoms with E-state index in [4.69, 9.17) is 5.73 Å². The molecule has 0 spiro atoms. The minimum Gasteiger partial charge on any atom is -0.397 e. The summed E-state index contributed by atoms with van der Waals surface area (Å²) in [5, 5.41) is 15.4. The summed E-state index contributed by atoms with van der Waals surface area (Å²) >= 11 is 0. The lowest BCUT2D eigenvalue weighted by atomic mass is 10.2. The molecule has 3 rings (SSSR count). The molecule has 1 fully saturated rings. The molecule has 93 valence electrons. The van der Waals surface area contributed by atoms with Gasteiger partial charge in [0.25, 0.3) is 0 Å². The number of anilines is 2.